The Hall–Kier alpha value is -1.75. The van der Waals surface area contributed by atoms with Crippen LogP contribution in [0.25, 0.3) is 0 Å². The second-order valence-electron chi connectivity index (χ2n) is 4.62. The largest absolute Gasteiger partial charge is 0.324 e. The summed E-state index contributed by atoms with van der Waals surface area (Å²) >= 11 is 0. The van der Waals surface area contributed by atoms with Crippen molar-refractivity contribution < 1.29 is 8.78 Å². The maximum absolute atomic E-state index is 13.2. The number of hydrogen-bond donors (Lipinski definition) is 1. The molecule has 0 amide bonds. The minimum atomic E-state index is -0.607. The van der Waals surface area contributed by atoms with Gasteiger partial charge in [0.2, 0.25) is 0 Å². The predicted octanol–water partition coefficient (Wildman–Crippen LogP) is 2.50. The number of aromatic nitrogens is 2. The molecule has 2 N–H and O–H groups in total. The van der Waals surface area contributed by atoms with Gasteiger partial charge in [-0.1, -0.05) is 6.92 Å². The zero-order valence-electron chi connectivity index (χ0n) is 11.0. The second-order valence-corrected chi connectivity index (χ2v) is 4.62. The Morgan fingerprint density at radius 1 is 1.21 bits per heavy atom. The lowest BCUT2D eigenvalue weighted by Crippen LogP contribution is -2.15. The van der Waals surface area contributed by atoms with Crippen molar-refractivity contribution in [3.63, 3.8) is 0 Å². The minimum Gasteiger partial charge on any atom is -0.324 e. The highest BCUT2D eigenvalue weighted by atomic mass is 19.1. The molecule has 5 heteroatoms. The molecule has 1 heterocycles. The van der Waals surface area contributed by atoms with E-state index in [1.807, 2.05) is 20.0 Å². The Morgan fingerprint density at radius 2 is 1.84 bits per heavy atom. The van der Waals surface area contributed by atoms with Gasteiger partial charge in [0.15, 0.2) is 0 Å². The molecule has 3 nitrogen and oxygen atoms in total. The Labute approximate surface area is 111 Å². The van der Waals surface area contributed by atoms with E-state index in [0.717, 1.165) is 23.9 Å². The first kappa shape index (κ1) is 13.7. The van der Waals surface area contributed by atoms with E-state index in [1.54, 1.807) is 4.68 Å². The SMILES string of the molecule is CCc1cc(CC(N)c2cc(F)cc(F)c2)n(C)n1. The van der Waals surface area contributed by atoms with Gasteiger partial charge in [0, 0.05) is 31.3 Å². The molecule has 1 unspecified atom stereocenters. The summed E-state index contributed by atoms with van der Waals surface area (Å²) in [5.41, 5.74) is 8.40. The summed E-state index contributed by atoms with van der Waals surface area (Å²) < 4.78 is 28.1. The molecule has 0 radical (unpaired) electrons. The molecule has 0 saturated heterocycles. The number of nitrogens with two attached hydrogens (primary N) is 1. The molecular weight excluding hydrogens is 248 g/mol. The highest BCUT2D eigenvalue weighted by Crippen LogP contribution is 2.19. The fourth-order valence-corrected chi connectivity index (χ4v) is 2.07. The summed E-state index contributed by atoms with van der Waals surface area (Å²) in [5.74, 6) is -1.21. The van der Waals surface area contributed by atoms with Crippen LogP contribution >= 0.6 is 0 Å². The van der Waals surface area contributed by atoms with Crippen molar-refractivity contribution in [1.82, 2.24) is 9.78 Å². The van der Waals surface area contributed by atoms with E-state index in [4.69, 9.17) is 5.73 Å². The quantitative estimate of drug-likeness (QED) is 0.923. The first-order valence-corrected chi connectivity index (χ1v) is 6.23. The van der Waals surface area contributed by atoms with E-state index in [-0.39, 0.29) is 0 Å². The minimum absolute atomic E-state index is 0.453. The van der Waals surface area contributed by atoms with Gasteiger partial charge >= 0.3 is 0 Å². The van der Waals surface area contributed by atoms with Crippen LogP contribution in [0.15, 0.2) is 24.3 Å². The second kappa shape index (κ2) is 5.48. The molecule has 0 saturated carbocycles. The van der Waals surface area contributed by atoms with Crippen molar-refractivity contribution in [3.8, 4) is 0 Å². The number of benzene rings is 1. The van der Waals surface area contributed by atoms with E-state index in [2.05, 4.69) is 5.10 Å². The van der Waals surface area contributed by atoms with Crippen LogP contribution in [0.4, 0.5) is 8.78 Å². The maximum Gasteiger partial charge on any atom is 0.126 e. The molecule has 0 aliphatic heterocycles. The molecule has 0 spiro atoms. The van der Waals surface area contributed by atoms with E-state index in [1.165, 1.54) is 12.1 Å². The maximum atomic E-state index is 13.2. The third kappa shape index (κ3) is 3.17. The lowest BCUT2D eigenvalue weighted by atomic mass is 10.0. The Balaban J connectivity index is 2.20. The van der Waals surface area contributed by atoms with E-state index < -0.39 is 17.7 Å². The van der Waals surface area contributed by atoms with Gasteiger partial charge in [0.05, 0.1) is 5.69 Å². The number of nitrogens with zero attached hydrogens (tertiary/aromatic N) is 2. The Bertz CT molecular complexity index is 558. The lowest BCUT2D eigenvalue weighted by molar-refractivity contribution is 0.569. The fraction of sp³-hybridized carbons (Fsp3) is 0.357. The molecule has 0 bridgehead atoms. The third-order valence-corrected chi connectivity index (χ3v) is 3.13. The van der Waals surface area contributed by atoms with E-state index in [0.29, 0.717) is 12.0 Å². The highest BCUT2D eigenvalue weighted by Gasteiger charge is 2.13. The number of rotatable bonds is 4. The first-order valence-electron chi connectivity index (χ1n) is 6.23. The van der Waals surface area contributed by atoms with Crippen molar-refractivity contribution in [3.05, 3.63) is 52.9 Å². The van der Waals surface area contributed by atoms with Gasteiger partial charge in [0.25, 0.3) is 0 Å². The van der Waals surface area contributed by atoms with Gasteiger partial charge < -0.3 is 5.73 Å². The van der Waals surface area contributed by atoms with Gasteiger partial charge in [-0.3, -0.25) is 4.68 Å². The highest BCUT2D eigenvalue weighted by molar-refractivity contribution is 5.23. The van der Waals surface area contributed by atoms with Crippen molar-refractivity contribution in [1.29, 1.82) is 0 Å². The first-order chi connectivity index (χ1) is 8.99. The van der Waals surface area contributed by atoms with Gasteiger partial charge in [0.1, 0.15) is 11.6 Å². The number of halogens is 2. The Morgan fingerprint density at radius 3 is 2.37 bits per heavy atom. The van der Waals surface area contributed by atoms with Crippen LogP contribution < -0.4 is 5.73 Å². The summed E-state index contributed by atoms with van der Waals surface area (Å²) in [4.78, 5) is 0. The van der Waals surface area contributed by atoms with Crippen molar-refractivity contribution in [2.75, 3.05) is 0 Å². The van der Waals surface area contributed by atoms with Gasteiger partial charge in [-0.15, -0.1) is 0 Å². The summed E-state index contributed by atoms with van der Waals surface area (Å²) in [7, 11) is 1.84. The lowest BCUT2D eigenvalue weighted by Gasteiger charge is -2.12. The summed E-state index contributed by atoms with van der Waals surface area (Å²) in [6, 6.07) is 4.89. The summed E-state index contributed by atoms with van der Waals surface area (Å²) in [6.07, 6.45) is 1.34. The average molecular weight is 265 g/mol. The molecular formula is C14H17F2N3. The van der Waals surface area contributed by atoms with Gasteiger partial charge in [-0.25, -0.2) is 8.78 Å². The molecule has 1 aromatic heterocycles. The van der Waals surface area contributed by atoms with Crippen LogP contribution in [0.5, 0.6) is 0 Å². The number of hydrogen-bond acceptors (Lipinski definition) is 2. The van der Waals surface area contributed by atoms with Crippen molar-refractivity contribution in [2.24, 2.45) is 12.8 Å². The van der Waals surface area contributed by atoms with Crippen LogP contribution in [0.3, 0.4) is 0 Å². The van der Waals surface area contributed by atoms with Crippen LogP contribution in [0.1, 0.15) is 29.9 Å². The molecule has 19 heavy (non-hydrogen) atoms. The van der Waals surface area contributed by atoms with Gasteiger partial charge in [-0.2, -0.15) is 5.10 Å². The fourth-order valence-electron chi connectivity index (χ4n) is 2.07. The Kier molecular flexibility index (Phi) is 3.95. The third-order valence-electron chi connectivity index (χ3n) is 3.13. The standard InChI is InChI=1S/C14H17F2N3/c1-3-12-7-13(19(2)18-12)8-14(17)9-4-10(15)6-11(16)5-9/h4-7,14H,3,8,17H2,1-2H3. The average Bonchev–Trinajstić information content (AvgIpc) is 2.69. The molecule has 2 aromatic rings. The van der Waals surface area contributed by atoms with E-state index in [9.17, 15) is 8.78 Å². The summed E-state index contributed by atoms with van der Waals surface area (Å²) in [5, 5.41) is 4.32. The number of aryl methyl sites for hydroxylation is 2. The molecule has 0 fully saturated rings. The van der Waals surface area contributed by atoms with Crippen molar-refractivity contribution in [2.45, 2.75) is 25.8 Å². The normalized spacial score (nSPS) is 12.7. The molecule has 102 valence electrons. The molecule has 0 aliphatic carbocycles. The zero-order chi connectivity index (χ0) is 14.0. The predicted molar refractivity (Wildman–Crippen MR) is 69.6 cm³/mol. The molecule has 1 aromatic carbocycles. The van der Waals surface area contributed by atoms with Crippen LogP contribution in [0.2, 0.25) is 0 Å². The van der Waals surface area contributed by atoms with Gasteiger partial charge in [-0.05, 0) is 30.2 Å². The van der Waals surface area contributed by atoms with Crippen molar-refractivity contribution >= 4 is 0 Å². The smallest absolute Gasteiger partial charge is 0.126 e. The summed E-state index contributed by atoms with van der Waals surface area (Å²) in [6.45, 7) is 2.02. The zero-order valence-corrected chi connectivity index (χ0v) is 11.0. The van der Waals surface area contributed by atoms with Crippen LogP contribution in [-0.2, 0) is 19.9 Å². The van der Waals surface area contributed by atoms with E-state index >= 15 is 0 Å². The van der Waals surface area contributed by atoms with Crippen LogP contribution in [-0.4, -0.2) is 9.78 Å². The topological polar surface area (TPSA) is 43.8 Å². The molecule has 1 atom stereocenters. The van der Waals surface area contributed by atoms with Crippen LogP contribution in [0, 0.1) is 11.6 Å². The molecule has 0 aliphatic rings. The monoisotopic (exact) mass is 265 g/mol. The molecule has 2 rings (SSSR count).